The van der Waals surface area contributed by atoms with E-state index in [0.29, 0.717) is 5.92 Å². The average Bonchev–Trinajstić information content (AvgIpc) is 3.37. The van der Waals surface area contributed by atoms with Gasteiger partial charge in [-0.1, -0.05) is 12.1 Å². The fourth-order valence-corrected chi connectivity index (χ4v) is 4.52. The summed E-state index contributed by atoms with van der Waals surface area (Å²) in [7, 11) is 0. The maximum Gasteiger partial charge on any atom is 0.223 e. The summed E-state index contributed by atoms with van der Waals surface area (Å²) in [6, 6.07) is 6.74. The molecule has 4 rings (SSSR count). The third-order valence-corrected chi connectivity index (χ3v) is 6.15. The van der Waals surface area contributed by atoms with E-state index in [-0.39, 0.29) is 23.7 Å². The van der Waals surface area contributed by atoms with E-state index in [0.717, 1.165) is 55.9 Å². The predicted octanol–water partition coefficient (Wildman–Crippen LogP) is 3.76. The molecule has 1 N–H and O–H groups in total. The molecule has 4 nitrogen and oxygen atoms in total. The molecule has 138 valence electrons. The molecule has 1 aromatic carbocycles. The monoisotopic (exact) mass is 373 g/mol. The van der Waals surface area contributed by atoms with Gasteiger partial charge in [-0.15, -0.1) is 11.3 Å². The molecule has 0 bridgehead atoms. The number of carbonyl (C=O) groups excluding carboxylic acids is 1. The quantitative estimate of drug-likeness (QED) is 0.839. The molecule has 0 radical (unpaired) electrons. The number of hydrogen-bond donors (Lipinski definition) is 1. The molecule has 2 heterocycles. The number of likely N-dealkylation sites (tertiary alicyclic amines) is 1. The van der Waals surface area contributed by atoms with Gasteiger partial charge in [0.25, 0.3) is 0 Å². The third kappa shape index (κ3) is 4.30. The lowest BCUT2D eigenvalue weighted by molar-refractivity contribution is -0.123. The number of hydrogen-bond acceptors (Lipinski definition) is 4. The SMILES string of the molecule is O=C(N[C@@H](c1nccs1)[C@H]1CCCN(Cc2ccc(F)cc2)C1)C1CC1. The number of rotatable bonds is 6. The summed E-state index contributed by atoms with van der Waals surface area (Å²) in [5, 5.41) is 6.26. The van der Waals surface area contributed by atoms with Gasteiger partial charge in [-0.05, 0) is 55.8 Å². The Morgan fingerprint density at radius 2 is 2.12 bits per heavy atom. The molecule has 26 heavy (non-hydrogen) atoms. The van der Waals surface area contributed by atoms with Crippen LogP contribution >= 0.6 is 11.3 Å². The van der Waals surface area contributed by atoms with Crippen molar-refractivity contribution < 1.29 is 9.18 Å². The van der Waals surface area contributed by atoms with Gasteiger partial charge in [0, 0.05) is 30.6 Å². The van der Waals surface area contributed by atoms with Crippen molar-refractivity contribution in [1.29, 1.82) is 0 Å². The summed E-state index contributed by atoms with van der Waals surface area (Å²) >= 11 is 1.62. The van der Waals surface area contributed by atoms with Crippen LogP contribution in [0.25, 0.3) is 0 Å². The number of carbonyl (C=O) groups is 1. The van der Waals surface area contributed by atoms with E-state index in [2.05, 4.69) is 15.2 Å². The van der Waals surface area contributed by atoms with Crippen LogP contribution in [0.4, 0.5) is 4.39 Å². The molecule has 1 saturated heterocycles. The first kappa shape index (κ1) is 17.6. The van der Waals surface area contributed by atoms with Crippen molar-refractivity contribution in [2.75, 3.05) is 13.1 Å². The minimum Gasteiger partial charge on any atom is -0.346 e. The molecule has 2 aromatic rings. The van der Waals surface area contributed by atoms with Crippen molar-refractivity contribution in [3.05, 3.63) is 52.2 Å². The van der Waals surface area contributed by atoms with Gasteiger partial charge in [-0.3, -0.25) is 9.69 Å². The maximum atomic E-state index is 13.1. The highest BCUT2D eigenvalue weighted by Crippen LogP contribution is 2.34. The minimum atomic E-state index is -0.197. The van der Waals surface area contributed by atoms with Crippen LogP contribution in [0.3, 0.4) is 0 Å². The van der Waals surface area contributed by atoms with Gasteiger partial charge in [0.2, 0.25) is 5.91 Å². The molecule has 1 aliphatic heterocycles. The molecule has 1 saturated carbocycles. The van der Waals surface area contributed by atoms with Crippen LogP contribution in [-0.2, 0) is 11.3 Å². The van der Waals surface area contributed by atoms with Gasteiger partial charge >= 0.3 is 0 Å². The van der Waals surface area contributed by atoms with E-state index in [1.54, 1.807) is 11.3 Å². The molecule has 2 aliphatic rings. The normalized spacial score (nSPS) is 22.1. The van der Waals surface area contributed by atoms with E-state index in [1.807, 2.05) is 23.7 Å². The van der Waals surface area contributed by atoms with Gasteiger partial charge in [0.05, 0.1) is 6.04 Å². The Hall–Kier alpha value is -1.79. The molecule has 2 fully saturated rings. The van der Waals surface area contributed by atoms with Crippen LogP contribution in [0.2, 0.25) is 0 Å². The van der Waals surface area contributed by atoms with Crippen molar-refractivity contribution >= 4 is 17.2 Å². The standard InChI is InChI=1S/C20H24FN3OS/c21-17-7-3-14(4-8-17)12-24-10-1-2-16(13-24)18(20-22-9-11-26-20)23-19(25)15-5-6-15/h3-4,7-9,11,15-16,18H,1-2,5-6,10,12-13H2,(H,23,25)/t16-,18+/m0/s1. The van der Waals surface area contributed by atoms with Gasteiger partial charge in [0.15, 0.2) is 0 Å². The summed E-state index contributed by atoms with van der Waals surface area (Å²) in [6.45, 7) is 2.78. The van der Waals surface area contributed by atoms with Crippen LogP contribution in [0, 0.1) is 17.7 Å². The number of thiazole rings is 1. The van der Waals surface area contributed by atoms with Gasteiger partial charge in [-0.2, -0.15) is 0 Å². The van der Waals surface area contributed by atoms with E-state index in [9.17, 15) is 9.18 Å². The first-order valence-electron chi connectivity index (χ1n) is 9.35. The second kappa shape index (κ2) is 7.84. The summed E-state index contributed by atoms with van der Waals surface area (Å²) in [5.41, 5.74) is 1.12. The number of nitrogens with zero attached hydrogens (tertiary/aromatic N) is 2. The third-order valence-electron chi connectivity index (χ3n) is 5.30. The lowest BCUT2D eigenvalue weighted by Crippen LogP contribution is -2.43. The van der Waals surface area contributed by atoms with Crippen molar-refractivity contribution in [3.63, 3.8) is 0 Å². The molecule has 1 amide bonds. The number of halogens is 1. The number of amides is 1. The highest BCUT2D eigenvalue weighted by Gasteiger charge is 2.35. The van der Waals surface area contributed by atoms with Crippen LogP contribution in [0.15, 0.2) is 35.8 Å². The lowest BCUT2D eigenvalue weighted by atomic mass is 9.90. The van der Waals surface area contributed by atoms with E-state index < -0.39 is 0 Å². The van der Waals surface area contributed by atoms with E-state index in [1.165, 1.54) is 12.1 Å². The fourth-order valence-electron chi connectivity index (χ4n) is 3.74. The first-order valence-corrected chi connectivity index (χ1v) is 10.2. The van der Waals surface area contributed by atoms with Crippen LogP contribution in [0.5, 0.6) is 0 Å². The average molecular weight is 373 g/mol. The molecule has 0 unspecified atom stereocenters. The van der Waals surface area contributed by atoms with E-state index in [4.69, 9.17) is 0 Å². The molecular weight excluding hydrogens is 349 g/mol. The zero-order chi connectivity index (χ0) is 17.9. The Balaban J connectivity index is 1.44. The van der Waals surface area contributed by atoms with Crippen molar-refractivity contribution in [2.24, 2.45) is 11.8 Å². The number of aromatic nitrogens is 1. The zero-order valence-electron chi connectivity index (χ0n) is 14.7. The van der Waals surface area contributed by atoms with Gasteiger partial charge < -0.3 is 5.32 Å². The van der Waals surface area contributed by atoms with Crippen molar-refractivity contribution in [2.45, 2.75) is 38.3 Å². The Morgan fingerprint density at radius 3 is 2.81 bits per heavy atom. The van der Waals surface area contributed by atoms with Gasteiger partial charge in [0.1, 0.15) is 10.8 Å². The smallest absolute Gasteiger partial charge is 0.223 e. The van der Waals surface area contributed by atoms with Crippen LogP contribution in [0.1, 0.15) is 42.3 Å². The molecule has 6 heteroatoms. The second-order valence-corrected chi connectivity index (χ2v) is 8.32. The Labute approximate surface area is 157 Å². The molecular formula is C20H24FN3OS. The van der Waals surface area contributed by atoms with Crippen LogP contribution in [-0.4, -0.2) is 28.9 Å². The Kier molecular flexibility index (Phi) is 5.31. The highest BCUT2D eigenvalue weighted by molar-refractivity contribution is 7.09. The topological polar surface area (TPSA) is 45.2 Å². The number of benzene rings is 1. The predicted molar refractivity (Wildman–Crippen MR) is 100 cm³/mol. The Morgan fingerprint density at radius 1 is 1.31 bits per heavy atom. The summed E-state index contributed by atoms with van der Waals surface area (Å²) in [6.07, 6.45) is 6.03. The molecule has 1 aromatic heterocycles. The minimum absolute atomic E-state index is 0.000817. The summed E-state index contributed by atoms with van der Waals surface area (Å²) in [4.78, 5) is 19.3. The number of nitrogens with one attached hydrogen (secondary N) is 1. The van der Waals surface area contributed by atoms with Gasteiger partial charge in [-0.25, -0.2) is 9.37 Å². The number of piperidine rings is 1. The van der Waals surface area contributed by atoms with Crippen molar-refractivity contribution in [3.8, 4) is 0 Å². The summed E-state index contributed by atoms with van der Waals surface area (Å²) in [5.74, 6) is 0.548. The summed E-state index contributed by atoms with van der Waals surface area (Å²) < 4.78 is 13.1. The second-order valence-electron chi connectivity index (χ2n) is 7.39. The Bertz CT molecular complexity index is 730. The maximum absolute atomic E-state index is 13.1. The van der Waals surface area contributed by atoms with Crippen LogP contribution < -0.4 is 5.32 Å². The lowest BCUT2D eigenvalue weighted by Gasteiger charge is -2.36. The largest absolute Gasteiger partial charge is 0.346 e. The van der Waals surface area contributed by atoms with Crippen molar-refractivity contribution in [1.82, 2.24) is 15.2 Å². The highest BCUT2D eigenvalue weighted by atomic mass is 32.1. The zero-order valence-corrected chi connectivity index (χ0v) is 15.6. The first-order chi connectivity index (χ1) is 12.7. The molecule has 2 atom stereocenters. The fraction of sp³-hybridized carbons (Fsp3) is 0.500. The molecule has 0 spiro atoms. The van der Waals surface area contributed by atoms with E-state index >= 15 is 0 Å². The molecule has 1 aliphatic carbocycles.